The molecule has 1 aromatic heterocycles. The third-order valence-corrected chi connectivity index (χ3v) is 3.00. The van der Waals surface area contributed by atoms with Crippen LogP contribution in [0.4, 0.5) is 0 Å². The van der Waals surface area contributed by atoms with Gasteiger partial charge in [-0.15, -0.1) is 0 Å². The molecule has 90 valence electrons. The molecule has 0 unspecified atom stereocenters. The van der Waals surface area contributed by atoms with Crippen LogP contribution in [-0.2, 0) is 11.3 Å². The van der Waals surface area contributed by atoms with Crippen molar-refractivity contribution in [3.8, 4) is 0 Å². The van der Waals surface area contributed by atoms with Crippen LogP contribution in [0.3, 0.4) is 0 Å². The van der Waals surface area contributed by atoms with Crippen LogP contribution in [0.2, 0.25) is 0 Å². The van der Waals surface area contributed by atoms with E-state index in [2.05, 4.69) is 37.4 Å². The molecule has 0 spiro atoms. The van der Waals surface area contributed by atoms with Gasteiger partial charge < -0.3 is 10.1 Å². The summed E-state index contributed by atoms with van der Waals surface area (Å²) in [4.78, 5) is 0. The van der Waals surface area contributed by atoms with Crippen molar-refractivity contribution in [1.29, 1.82) is 0 Å². The molecule has 1 fully saturated rings. The SMILES string of the molecule is Cc1nn(C[C@H]2CNCCO2)cc1C(C)C. The number of hydrogen-bond acceptors (Lipinski definition) is 3. The van der Waals surface area contributed by atoms with Gasteiger partial charge in [0, 0.05) is 19.3 Å². The van der Waals surface area contributed by atoms with Gasteiger partial charge in [-0.25, -0.2) is 0 Å². The molecule has 0 aliphatic carbocycles. The molecular weight excluding hydrogens is 202 g/mol. The first-order chi connectivity index (χ1) is 7.66. The molecule has 0 radical (unpaired) electrons. The van der Waals surface area contributed by atoms with E-state index in [9.17, 15) is 0 Å². The van der Waals surface area contributed by atoms with Crippen LogP contribution in [0.25, 0.3) is 0 Å². The summed E-state index contributed by atoms with van der Waals surface area (Å²) in [5.74, 6) is 0.541. The van der Waals surface area contributed by atoms with Gasteiger partial charge in [0.1, 0.15) is 0 Å². The zero-order valence-electron chi connectivity index (χ0n) is 10.4. The Kier molecular flexibility index (Phi) is 3.61. The van der Waals surface area contributed by atoms with Crippen molar-refractivity contribution in [1.82, 2.24) is 15.1 Å². The second kappa shape index (κ2) is 4.97. The van der Waals surface area contributed by atoms with Crippen molar-refractivity contribution in [3.05, 3.63) is 17.5 Å². The summed E-state index contributed by atoms with van der Waals surface area (Å²) in [5.41, 5.74) is 2.47. The molecule has 1 N–H and O–H groups in total. The Morgan fingerprint density at radius 2 is 2.44 bits per heavy atom. The lowest BCUT2D eigenvalue weighted by Crippen LogP contribution is -2.40. The van der Waals surface area contributed by atoms with Crippen molar-refractivity contribution in [2.75, 3.05) is 19.7 Å². The Morgan fingerprint density at radius 1 is 1.62 bits per heavy atom. The maximum atomic E-state index is 5.67. The fourth-order valence-corrected chi connectivity index (χ4v) is 2.14. The molecule has 1 aromatic rings. The highest BCUT2D eigenvalue weighted by atomic mass is 16.5. The van der Waals surface area contributed by atoms with E-state index in [1.807, 2.05) is 4.68 Å². The minimum absolute atomic E-state index is 0.257. The highest BCUT2D eigenvalue weighted by Gasteiger charge is 2.16. The summed E-state index contributed by atoms with van der Waals surface area (Å²) >= 11 is 0. The molecule has 16 heavy (non-hydrogen) atoms. The molecule has 0 saturated carbocycles. The highest BCUT2D eigenvalue weighted by molar-refractivity contribution is 5.19. The van der Waals surface area contributed by atoms with E-state index in [-0.39, 0.29) is 6.10 Å². The molecule has 4 nitrogen and oxygen atoms in total. The van der Waals surface area contributed by atoms with Gasteiger partial charge in [0.05, 0.1) is 24.9 Å². The van der Waals surface area contributed by atoms with E-state index in [1.54, 1.807) is 0 Å². The molecular formula is C12H21N3O. The molecule has 1 atom stereocenters. The molecule has 1 aliphatic rings. The summed E-state index contributed by atoms with van der Waals surface area (Å²) in [5, 5.41) is 7.87. The van der Waals surface area contributed by atoms with E-state index in [0.29, 0.717) is 5.92 Å². The number of rotatable bonds is 3. The Balaban J connectivity index is 2.01. The van der Waals surface area contributed by atoms with Crippen LogP contribution in [0.15, 0.2) is 6.20 Å². The lowest BCUT2D eigenvalue weighted by atomic mass is 10.1. The van der Waals surface area contributed by atoms with Gasteiger partial charge in [-0.1, -0.05) is 13.8 Å². The third kappa shape index (κ3) is 2.62. The van der Waals surface area contributed by atoms with Gasteiger partial charge in [0.25, 0.3) is 0 Å². The topological polar surface area (TPSA) is 39.1 Å². The van der Waals surface area contributed by atoms with Crippen LogP contribution in [0.5, 0.6) is 0 Å². The van der Waals surface area contributed by atoms with E-state index < -0.39 is 0 Å². The predicted molar refractivity (Wildman–Crippen MR) is 63.7 cm³/mol. The Bertz CT molecular complexity index is 340. The van der Waals surface area contributed by atoms with E-state index >= 15 is 0 Å². The number of nitrogens with zero attached hydrogens (tertiary/aromatic N) is 2. The number of nitrogens with one attached hydrogen (secondary N) is 1. The van der Waals surface area contributed by atoms with Crippen molar-refractivity contribution in [2.24, 2.45) is 0 Å². The largest absolute Gasteiger partial charge is 0.374 e. The number of morpholine rings is 1. The van der Waals surface area contributed by atoms with Crippen molar-refractivity contribution in [3.63, 3.8) is 0 Å². The predicted octanol–water partition coefficient (Wildman–Crippen LogP) is 1.30. The highest BCUT2D eigenvalue weighted by Crippen LogP contribution is 2.17. The summed E-state index contributed by atoms with van der Waals surface area (Å²) in [6.45, 7) is 10.0. The van der Waals surface area contributed by atoms with Gasteiger partial charge in [-0.05, 0) is 18.4 Å². The summed E-state index contributed by atoms with van der Waals surface area (Å²) in [6, 6.07) is 0. The fraction of sp³-hybridized carbons (Fsp3) is 0.750. The van der Waals surface area contributed by atoms with Crippen LogP contribution in [-0.4, -0.2) is 35.6 Å². The van der Waals surface area contributed by atoms with Crippen molar-refractivity contribution >= 4 is 0 Å². The number of hydrogen-bond donors (Lipinski definition) is 1. The molecule has 1 aliphatic heterocycles. The first kappa shape index (κ1) is 11.6. The minimum atomic E-state index is 0.257. The first-order valence-corrected chi connectivity index (χ1v) is 6.03. The third-order valence-electron chi connectivity index (χ3n) is 3.00. The van der Waals surface area contributed by atoms with E-state index in [4.69, 9.17) is 4.74 Å². The fourth-order valence-electron chi connectivity index (χ4n) is 2.14. The normalized spacial score (nSPS) is 21.6. The van der Waals surface area contributed by atoms with Crippen LogP contribution in [0, 0.1) is 6.92 Å². The average molecular weight is 223 g/mol. The van der Waals surface area contributed by atoms with Crippen LogP contribution >= 0.6 is 0 Å². The Labute approximate surface area is 97.0 Å². The molecule has 0 bridgehead atoms. The molecule has 1 saturated heterocycles. The van der Waals surface area contributed by atoms with E-state index in [0.717, 1.165) is 31.9 Å². The van der Waals surface area contributed by atoms with Gasteiger partial charge in [-0.3, -0.25) is 4.68 Å². The van der Waals surface area contributed by atoms with Gasteiger partial charge in [0.2, 0.25) is 0 Å². The van der Waals surface area contributed by atoms with Gasteiger partial charge in [-0.2, -0.15) is 5.10 Å². The van der Waals surface area contributed by atoms with Crippen molar-refractivity contribution < 1.29 is 4.74 Å². The van der Waals surface area contributed by atoms with Gasteiger partial charge >= 0.3 is 0 Å². The monoisotopic (exact) mass is 223 g/mol. The first-order valence-electron chi connectivity index (χ1n) is 6.03. The Morgan fingerprint density at radius 3 is 3.00 bits per heavy atom. The number of aromatic nitrogens is 2. The van der Waals surface area contributed by atoms with E-state index in [1.165, 1.54) is 5.56 Å². The summed E-state index contributed by atoms with van der Waals surface area (Å²) in [6.07, 6.45) is 2.41. The van der Waals surface area contributed by atoms with Crippen LogP contribution in [0.1, 0.15) is 31.0 Å². The zero-order chi connectivity index (χ0) is 11.5. The Hall–Kier alpha value is -0.870. The lowest BCUT2D eigenvalue weighted by Gasteiger charge is -2.23. The standard InChI is InChI=1S/C12H21N3O/c1-9(2)12-8-15(14-10(12)3)7-11-6-13-4-5-16-11/h8-9,11,13H,4-7H2,1-3H3/t11-/m1/s1. The minimum Gasteiger partial charge on any atom is -0.374 e. The molecule has 2 rings (SSSR count). The summed E-state index contributed by atoms with van der Waals surface area (Å²) in [7, 11) is 0. The number of ether oxygens (including phenoxy) is 1. The molecule has 0 amide bonds. The van der Waals surface area contributed by atoms with Crippen LogP contribution < -0.4 is 5.32 Å². The summed E-state index contributed by atoms with van der Waals surface area (Å²) < 4.78 is 7.68. The van der Waals surface area contributed by atoms with Crippen molar-refractivity contribution in [2.45, 2.75) is 39.3 Å². The smallest absolute Gasteiger partial charge is 0.0895 e. The quantitative estimate of drug-likeness (QED) is 0.839. The molecule has 0 aromatic carbocycles. The lowest BCUT2D eigenvalue weighted by molar-refractivity contribution is 0.0161. The second-order valence-corrected chi connectivity index (χ2v) is 4.74. The molecule has 4 heteroatoms. The maximum Gasteiger partial charge on any atom is 0.0895 e. The zero-order valence-corrected chi connectivity index (χ0v) is 10.4. The molecule has 2 heterocycles. The number of aryl methyl sites for hydroxylation is 1. The van der Waals surface area contributed by atoms with Gasteiger partial charge in [0.15, 0.2) is 0 Å². The maximum absolute atomic E-state index is 5.67. The average Bonchev–Trinajstić information content (AvgIpc) is 2.61. The second-order valence-electron chi connectivity index (χ2n) is 4.74.